The third-order valence-electron chi connectivity index (χ3n) is 5.93. The summed E-state index contributed by atoms with van der Waals surface area (Å²) in [7, 11) is 3.18. The summed E-state index contributed by atoms with van der Waals surface area (Å²) in [5.74, 6) is 1.05. The van der Waals surface area contributed by atoms with Gasteiger partial charge in [0.25, 0.3) is 5.91 Å². The highest BCUT2D eigenvalue weighted by Gasteiger charge is 2.17. The van der Waals surface area contributed by atoms with E-state index < -0.39 is 0 Å². The molecule has 0 unspecified atom stereocenters. The number of nitrogens with zero attached hydrogens (tertiary/aromatic N) is 3. The van der Waals surface area contributed by atoms with Crippen molar-refractivity contribution in [2.24, 2.45) is 5.10 Å². The van der Waals surface area contributed by atoms with Gasteiger partial charge in [-0.1, -0.05) is 30.3 Å². The number of anilines is 1. The summed E-state index contributed by atoms with van der Waals surface area (Å²) in [6.07, 6.45) is 1.56. The van der Waals surface area contributed by atoms with Crippen LogP contribution in [0.15, 0.2) is 77.9 Å². The number of ether oxygens (including phenoxy) is 2. The number of hydrazone groups is 1. The van der Waals surface area contributed by atoms with E-state index in [1.54, 1.807) is 26.5 Å². The molecular formula is C27H30N4O3. The van der Waals surface area contributed by atoms with E-state index in [9.17, 15) is 4.79 Å². The Kier molecular flexibility index (Phi) is 7.78. The van der Waals surface area contributed by atoms with Gasteiger partial charge in [-0.2, -0.15) is 5.10 Å². The Bertz CT molecular complexity index is 1110. The molecule has 7 nitrogen and oxygen atoms in total. The number of hydrogen-bond acceptors (Lipinski definition) is 6. The highest BCUT2D eigenvalue weighted by molar-refractivity contribution is 5.95. The van der Waals surface area contributed by atoms with E-state index in [-0.39, 0.29) is 5.91 Å². The summed E-state index contributed by atoms with van der Waals surface area (Å²) < 4.78 is 10.5. The summed E-state index contributed by atoms with van der Waals surface area (Å²) in [5, 5.41) is 4.07. The summed E-state index contributed by atoms with van der Waals surface area (Å²) >= 11 is 0. The van der Waals surface area contributed by atoms with Gasteiger partial charge in [-0.25, -0.2) is 5.43 Å². The predicted octanol–water partition coefficient (Wildman–Crippen LogP) is 3.79. The topological polar surface area (TPSA) is 66.4 Å². The van der Waals surface area contributed by atoms with Gasteiger partial charge in [0, 0.05) is 55.6 Å². The molecule has 0 saturated carbocycles. The van der Waals surface area contributed by atoms with Gasteiger partial charge in [-0.15, -0.1) is 0 Å². The second-order valence-corrected chi connectivity index (χ2v) is 8.10. The van der Waals surface area contributed by atoms with Crippen LogP contribution in [0.5, 0.6) is 11.5 Å². The Labute approximate surface area is 200 Å². The van der Waals surface area contributed by atoms with Crippen molar-refractivity contribution < 1.29 is 14.3 Å². The minimum atomic E-state index is -0.258. The monoisotopic (exact) mass is 458 g/mol. The molecule has 3 aromatic carbocycles. The van der Waals surface area contributed by atoms with Crippen LogP contribution in [0.2, 0.25) is 0 Å². The molecule has 1 fully saturated rings. The molecular weight excluding hydrogens is 428 g/mol. The van der Waals surface area contributed by atoms with Crippen LogP contribution in [-0.2, 0) is 6.54 Å². The number of amides is 1. The number of carbonyl (C=O) groups is 1. The van der Waals surface area contributed by atoms with Gasteiger partial charge in [0.2, 0.25) is 0 Å². The first-order valence-corrected chi connectivity index (χ1v) is 11.3. The van der Waals surface area contributed by atoms with Gasteiger partial charge in [0.1, 0.15) is 11.5 Å². The Balaban J connectivity index is 1.27. The molecule has 0 spiro atoms. The Morgan fingerprint density at radius 3 is 2.35 bits per heavy atom. The van der Waals surface area contributed by atoms with Gasteiger partial charge in [-0.05, 0) is 42.0 Å². The van der Waals surface area contributed by atoms with Gasteiger partial charge >= 0.3 is 0 Å². The first-order chi connectivity index (χ1) is 16.7. The van der Waals surface area contributed by atoms with Crippen molar-refractivity contribution in [1.29, 1.82) is 0 Å². The lowest BCUT2D eigenvalue weighted by Crippen LogP contribution is -2.45. The highest BCUT2D eigenvalue weighted by Crippen LogP contribution is 2.23. The van der Waals surface area contributed by atoms with Crippen LogP contribution in [0, 0.1) is 0 Å². The molecule has 0 aromatic heterocycles. The normalized spacial score (nSPS) is 14.2. The van der Waals surface area contributed by atoms with Crippen LogP contribution < -0.4 is 19.8 Å². The van der Waals surface area contributed by atoms with E-state index in [1.165, 1.54) is 11.3 Å². The second kappa shape index (κ2) is 11.3. The van der Waals surface area contributed by atoms with Crippen molar-refractivity contribution in [1.82, 2.24) is 10.3 Å². The zero-order valence-corrected chi connectivity index (χ0v) is 19.6. The van der Waals surface area contributed by atoms with Crippen LogP contribution in [0.3, 0.4) is 0 Å². The first-order valence-electron chi connectivity index (χ1n) is 11.3. The van der Waals surface area contributed by atoms with Gasteiger partial charge < -0.3 is 14.4 Å². The molecule has 1 heterocycles. The molecule has 0 aliphatic carbocycles. The molecule has 4 rings (SSSR count). The average molecular weight is 459 g/mol. The van der Waals surface area contributed by atoms with Crippen molar-refractivity contribution in [3.8, 4) is 11.5 Å². The summed E-state index contributed by atoms with van der Waals surface area (Å²) in [6.45, 7) is 4.93. The summed E-state index contributed by atoms with van der Waals surface area (Å²) in [6, 6.07) is 23.6. The van der Waals surface area contributed by atoms with Crippen LogP contribution in [0.1, 0.15) is 21.5 Å². The van der Waals surface area contributed by atoms with Crippen LogP contribution in [-0.4, -0.2) is 57.4 Å². The molecule has 1 aliphatic rings. The number of methoxy groups -OCH3 is 2. The number of para-hydroxylation sites is 1. The molecule has 0 atom stereocenters. The van der Waals surface area contributed by atoms with E-state index in [0.717, 1.165) is 38.3 Å². The lowest BCUT2D eigenvalue weighted by atomic mass is 10.1. The fourth-order valence-electron chi connectivity index (χ4n) is 3.97. The minimum absolute atomic E-state index is 0.258. The van der Waals surface area contributed by atoms with E-state index >= 15 is 0 Å². The van der Waals surface area contributed by atoms with Crippen molar-refractivity contribution in [2.45, 2.75) is 6.54 Å². The number of benzene rings is 3. The lowest BCUT2D eigenvalue weighted by molar-refractivity contribution is 0.0955. The Hall–Kier alpha value is -3.84. The number of carbonyl (C=O) groups excluding carboxylic acids is 1. The largest absolute Gasteiger partial charge is 0.497 e. The SMILES string of the molecule is COc1ccc(C=NNC(=O)c2ccc(CN3CCN(c4ccccc4)CC3)cc2)c(OC)c1. The van der Waals surface area contributed by atoms with Gasteiger partial charge in [-0.3, -0.25) is 9.69 Å². The van der Waals surface area contributed by atoms with Crippen LogP contribution in [0.4, 0.5) is 5.69 Å². The van der Waals surface area contributed by atoms with E-state index in [4.69, 9.17) is 9.47 Å². The lowest BCUT2D eigenvalue weighted by Gasteiger charge is -2.36. The summed E-state index contributed by atoms with van der Waals surface area (Å²) in [4.78, 5) is 17.3. The molecule has 1 N–H and O–H groups in total. The van der Waals surface area contributed by atoms with Gasteiger partial charge in [0.05, 0.1) is 20.4 Å². The molecule has 176 valence electrons. The summed E-state index contributed by atoms with van der Waals surface area (Å²) in [5.41, 5.74) is 6.36. The number of nitrogens with one attached hydrogen (secondary N) is 1. The molecule has 7 heteroatoms. The third kappa shape index (κ3) is 5.94. The third-order valence-corrected chi connectivity index (χ3v) is 5.93. The maximum atomic E-state index is 12.5. The smallest absolute Gasteiger partial charge is 0.271 e. The molecule has 0 bridgehead atoms. The Morgan fingerprint density at radius 2 is 1.68 bits per heavy atom. The van der Waals surface area contributed by atoms with E-state index in [0.29, 0.717) is 17.1 Å². The average Bonchev–Trinajstić information content (AvgIpc) is 2.90. The van der Waals surface area contributed by atoms with Crippen LogP contribution >= 0.6 is 0 Å². The van der Waals surface area contributed by atoms with Gasteiger partial charge in [0.15, 0.2) is 0 Å². The molecule has 1 amide bonds. The molecule has 1 saturated heterocycles. The van der Waals surface area contributed by atoms with Crippen molar-refractivity contribution in [2.75, 3.05) is 45.3 Å². The maximum Gasteiger partial charge on any atom is 0.271 e. The Morgan fingerprint density at radius 1 is 0.941 bits per heavy atom. The minimum Gasteiger partial charge on any atom is -0.497 e. The van der Waals surface area contributed by atoms with Crippen molar-refractivity contribution in [3.05, 3.63) is 89.5 Å². The van der Waals surface area contributed by atoms with E-state index in [2.05, 4.69) is 44.6 Å². The zero-order valence-electron chi connectivity index (χ0n) is 19.6. The number of piperazine rings is 1. The number of hydrogen-bond donors (Lipinski definition) is 1. The number of rotatable bonds is 8. The second-order valence-electron chi connectivity index (χ2n) is 8.10. The fraction of sp³-hybridized carbons (Fsp3) is 0.259. The predicted molar refractivity (Wildman–Crippen MR) is 135 cm³/mol. The molecule has 1 aliphatic heterocycles. The fourth-order valence-corrected chi connectivity index (χ4v) is 3.97. The standard InChI is InChI=1S/C27H30N4O3/c1-33-25-13-12-23(26(18-25)34-2)19-28-29-27(32)22-10-8-21(9-11-22)20-30-14-16-31(17-15-30)24-6-4-3-5-7-24/h3-13,18-19H,14-17,20H2,1-2H3,(H,29,32). The quantitative estimate of drug-likeness (QED) is 0.411. The highest BCUT2D eigenvalue weighted by atomic mass is 16.5. The van der Waals surface area contributed by atoms with E-state index in [1.807, 2.05) is 42.5 Å². The van der Waals surface area contributed by atoms with Crippen LogP contribution in [0.25, 0.3) is 0 Å². The van der Waals surface area contributed by atoms with Crippen molar-refractivity contribution in [3.63, 3.8) is 0 Å². The molecule has 34 heavy (non-hydrogen) atoms. The molecule has 0 radical (unpaired) electrons. The zero-order chi connectivity index (χ0) is 23.8. The maximum absolute atomic E-state index is 12.5. The molecule has 3 aromatic rings. The van der Waals surface area contributed by atoms with Crippen molar-refractivity contribution >= 4 is 17.8 Å². The first kappa shape index (κ1) is 23.3.